The Morgan fingerprint density at radius 2 is 2.12 bits per heavy atom. The van der Waals surface area contributed by atoms with E-state index in [4.69, 9.17) is 11.6 Å². The average molecular weight is 461 g/mol. The molecular formula is C27H29ClN4O. The van der Waals surface area contributed by atoms with Crippen molar-refractivity contribution in [2.75, 3.05) is 18.5 Å². The van der Waals surface area contributed by atoms with Gasteiger partial charge >= 0.3 is 0 Å². The van der Waals surface area contributed by atoms with E-state index in [9.17, 15) is 10.1 Å². The van der Waals surface area contributed by atoms with E-state index in [1.807, 2.05) is 42.6 Å². The van der Waals surface area contributed by atoms with Crippen molar-refractivity contribution in [1.82, 2.24) is 10.3 Å². The first-order valence-corrected chi connectivity index (χ1v) is 11.6. The summed E-state index contributed by atoms with van der Waals surface area (Å²) in [6.07, 6.45) is 5.24. The number of fused-ring (bicyclic) bond motifs is 2. The fraction of sp³-hybridized carbons (Fsp3) is 0.333. The highest BCUT2D eigenvalue weighted by Gasteiger charge is 2.34. The number of nitrogens with zero attached hydrogens (tertiary/aromatic N) is 2. The summed E-state index contributed by atoms with van der Waals surface area (Å²) >= 11 is 6.58. The Morgan fingerprint density at radius 1 is 1.36 bits per heavy atom. The molecule has 1 unspecified atom stereocenters. The molecule has 1 atom stereocenters. The quantitative estimate of drug-likeness (QED) is 0.373. The molecule has 2 heterocycles. The number of nitriles is 1. The van der Waals surface area contributed by atoms with Gasteiger partial charge < -0.3 is 15.2 Å². The van der Waals surface area contributed by atoms with Gasteiger partial charge in [0.1, 0.15) is 11.6 Å². The molecule has 0 radical (unpaired) electrons. The maximum absolute atomic E-state index is 12.7. The van der Waals surface area contributed by atoms with Gasteiger partial charge in [0.15, 0.2) is 0 Å². The van der Waals surface area contributed by atoms with Crippen LogP contribution in [0.2, 0.25) is 5.02 Å². The highest BCUT2D eigenvalue weighted by molar-refractivity contribution is 6.32. The fourth-order valence-corrected chi connectivity index (χ4v) is 4.98. The summed E-state index contributed by atoms with van der Waals surface area (Å²) in [5.41, 5.74) is 5.27. The predicted molar refractivity (Wildman–Crippen MR) is 136 cm³/mol. The molecule has 1 aromatic heterocycles. The van der Waals surface area contributed by atoms with E-state index in [1.54, 1.807) is 6.08 Å². The Morgan fingerprint density at radius 3 is 2.88 bits per heavy atom. The lowest BCUT2D eigenvalue weighted by atomic mass is 9.80. The van der Waals surface area contributed by atoms with Gasteiger partial charge in [-0.05, 0) is 73.6 Å². The molecule has 6 heteroatoms. The van der Waals surface area contributed by atoms with Crippen molar-refractivity contribution in [3.8, 4) is 6.07 Å². The molecule has 4 rings (SSSR count). The molecule has 3 aromatic rings. The van der Waals surface area contributed by atoms with E-state index < -0.39 is 5.91 Å². The Balaban J connectivity index is 1.51. The number of aromatic nitrogens is 1. The number of halogens is 1. The minimum Gasteiger partial charge on any atom is -0.369 e. The standard InChI is InChI=1S/C27H29ClN4O/c1-17-14-27(2,3)32(4)25-13-23(28)19(12-22(17)25)11-20(15-29)26(33)30-10-9-18-16-31-24-8-6-5-7-21(18)24/h5-8,11-13,16-17,31H,9-10,14H2,1-4H3,(H,30,33)/b20-11+. The Kier molecular flexibility index (Phi) is 6.23. The number of nitrogens with one attached hydrogen (secondary N) is 2. The fourth-order valence-electron chi connectivity index (χ4n) is 4.76. The number of amides is 1. The first-order chi connectivity index (χ1) is 15.7. The van der Waals surface area contributed by atoms with Crippen LogP contribution in [0.1, 0.15) is 49.8 Å². The van der Waals surface area contributed by atoms with Crippen LogP contribution in [0, 0.1) is 11.3 Å². The van der Waals surface area contributed by atoms with Gasteiger partial charge in [0, 0.05) is 46.9 Å². The van der Waals surface area contributed by atoms with Crippen molar-refractivity contribution in [2.45, 2.75) is 45.1 Å². The number of hydrogen-bond donors (Lipinski definition) is 2. The lowest BCUT2D eigenvalue weighted by Crippen LogP contribution is -2.45. The number of hydrogen-bond acceptors (Lipinski definition) is 3. The van der Waals surface area contributed by atoms with Crippen LogP contribution in [0.3, 0.4) is 0 Å². The Bertz CT molecular complexity index is 1280. The number of aromatic amines is 1. The van der Waals surface area contributed by atoms with Crippen LogP contribution >= 0.6 is 11.6 Å². The molecule has 0 saturated heterocycles. The topological polar surface area (TPSA) is 71.9 Å². The molecule has 2 aromatic carbocycles. The van der Waals surface area contributed by atoms with Crippen molar-refractivity contribution < 1.29 is 4.79 Å². The van der Waals surface area contributed by atoms with E-state index in [-0.39, 0.29) is 11.1 Å². The molecule has 1 amide bonds. The monoisotopic (exact) mass is 460 g/mol. The molecule has 1 aliphatic heterocycles. The number of anilines is 1. The molecular weight excluding hydrogens is 432 g/mol. The maximum atomic E-state index is 12.7. The predicted octanol–water partition coefficient (Wildman–Crippen LogP) is 5.81. The van der Waals surface area contributed by atoms with Gasteiger partial charge in [-0.25, -0.2) is 0 Å². The van der Waals surface area contributed by atoms with Crippen LogP contribution in [0.4, 0.5) is 5.69 Å². The average Bonchev–Trinajstić information content (AvgIpc) is 3.19. The van der Waals surface area contributed by atoms with Gasteiger partial charge in [-0.3, -0.25) is 4.79 Å². The smallest absolute Gasteiger partial charge is 0.261 e. The Labute approximate surface area is 200 Å². The molecule has 2 N–H and O–H groups in total. The highest BCUT2D eigenvalue weighted by atomic mass is 35.5. The van der Waals surface area contributed by atoms with Gasteiger partial charge in [-0.2, -0.15) is 5.26 Å². The molecule has 5 nitrogen and oxygen atoms in total. The summed E-state index contributed by atoms with van der Waals surface area (Å²) in [5.74, 6) is -0.0384. The van der Waals surface area contributed by atoms with Crippen LogP contribution in [0.15, 0.2) is 48.2 Å². The van der Waals surface area contributed by atoms with Crippen molar-refractivity contribution in [2.24, 2.45) is 0 Å². The van der Waals surface area contributed by atoms with E-state index in [2.05, 4.69) is 49.1 Å². The summed E-state index contributed by atoms with van der Waals surface area (Å²) in [6, 6.07) is 14.1. The van der Waals surface area contributed by atoms with Gasteiger partial charge in [0.2, 0.25) is 0 Å². The number of carbonyl (C=O) groups is 1. The van der Waals surface area contributed by atoms with E-state index in [0.717, 1.165) is 28.6 Å². The zero-order chi connectivity index (χ0) is 23.8. The van der Waals surface area contributed by atoms with Gasteiger partial charge in [0.25, 0.3) is 5.91 Å². The number of carbonyl (C=O) groups excluding carboxylic acids is 1. The minimum absolute atomic E-state index is 0.0373. The van der Waals surface area contributed by atoms with Crippen molar-refractivity contribution in [1.29, 1.82) is 5.26 Å². The number of para-hydroxylation sites is 1. The molecule has 170 valence electrons. The molecule has 0 aliphatic carbocycles. The minimum atomic E-state index is -0.391. The second-order valence-corrected chi connectivity index (χ2v) is 9.85. The SMILES string of the molecule is CC1CC(C)(C)N(C)c2cc(Cl)c(/C=C(\C#N)C(=O)NCCc3c[nH]c4ccccc34)cc21. The van der Waals surface area contributed by atoms with E-state index in [0.29, 0.717) is 29.5 Å². The van der Waals surface area contributed by atoms with Crippen LogP contribution in [-0.2, 0) is 11.2 Å². The first kappa shape index (κ1) is 22.9. The third-order valence-electron chi connectivity index (χ3n) is 6.77. The number of H-pyrrole nitrogens is 1. The zero-order valence-electron chi connectivity index (χ0n) is 19.5. The van der Waals surface area contributed by atoms with Gasteiger partial charge in [0.05, 0.1) is 0 Å². The van der Waals surface area contributed by atoms with E-state index >= 15 is 0 Å². The van der Waals surface area contributed by atoms with Gasteiger partial charge in [-0.1, -0.05) is 36.7 Å². The summed E-state index contributed by atoms with van der Waals surface area (Å²) in [7, 11) is 2.08. The second-order valence-electron chi connectivity index (χ2n) is 9.44. The van der Waals surface area contributed by atoms with Crippen LogP contribution in [-0.4, -0.2) is 30.0 Å². The Hall–Kier alpha value is -3.23. The third kappa shape index (κ3) is 4.49. The normalized spacial score (nSPS) is 17.5. The maximum Gasteiger partial charge on any atom is 0.261 e. The third-order valence-corrected chi connectivity index (χ3v) is 7.10. The molecule has 0 fully saturated rings. The molecule has 33 heavy (non-hydrogen) atoms. The molecule has 1 aliphatic rings. The largest absolute Gasteiger partial charge is 0.369 e. The van der Waals surface area contributed by atoms with E-state index in [1.165, 1.54) is 5.56 Å². The number of benzene rings is 2. The molecule has 0 spiro atoms. The second kappa shape index (κ2) is 8.96. The lowest BCUT2D eigenvalue weighted by molar-refractivity contribution is -0.117. The van der Waals surface area contributed by atoms with Crippen molar-refractivity contribution in [3.63, 3.8) is 0 Å². The van der Waals surface area contributed by atoms with Crippen LogP contribution in [0.5, 0.6) is 0 Å². The summed E-state index contributed by atoms with van der Waals surface area (Å²) in [6.45, 7) is 7.09. The lowest BCUT2D eigenvalue weighted by Gasteiger charge is -2.45. The molecule has 0 saturated carbocycles. The van der Waals surface area contributed by atoms with Gasteiger partial charge in [-0.15, -0.1) is 0 Å². The summed E-state index contributed by atoms with van der Waals surface area (Å²) < 4.78 is 0. The number of rotatable bonds is 5. The van der Waals surface area contributed by atoms with Crippen molar-refractivity contribution >= 4 is 40.2 Å². The first-order valence-electron chi connectivity index (χ1n) is 11.2. The van der Waals surface area contributed by atoms with Crippen LogP contribution < -0.4 is 10.2 Å². The summed E-state index contributed by atoms with van der Waals surface area (Å²) in [5, 5.41) is 14.2. The zero-order valence-corrected chi connectivity index (χ0v) is 20.3. The highest BCUT2D eigenvalue weighted by Crippen LogP contribution is 2.44. The van der Waals surface area contributed by atoms with Crippen molar-refractivity contribution in [3.05, 3.63) is 69.9 Å². The molecule has 0 bridgehead atoms. The summed E-state index contributed by atoms with van der Waals surface area (Å²) in [4.78, 5) is 18.2. The van der Waals surface area contributed by atoms with Crippen LogP contribution in [0.25, 0.3) is 17.0 Å².